The smallest absolute Gasteiger partial charge is 0.229 e. The van der Waals surface area contributed by atoms with Crippen LogP contribution in [0.4, 0.5) is 9.52 Å². The topological polar surface area (TPSA) is 56.8 Å². The molecule has 0 saturated carbocycles. The largest absolute Gasteiger partial charge is 0.346 e. The van der Waals surface area contributed by atoms with E-state index in [1.807, 2.05) is 4.90 Å². The highest BCUT2D eigenvalue weighted by atomic mass is 32.1. The van der Waals surface area contributed by atoms with Crippen LogP contribution in [-0.2, 0) is 9.59 Å². The van der Waals surface area contributed by atoms with Gasteiger partial charge >= 0.3 is 0 Å². The number of benzene rings is 1. The van der Waals surface area contributed by atoms with Crippen molar-refractivity contribution in [2.45, 2.75) is 6.92 Å². The lowest BCUT2D eigenvalue weighted by atomic mass is 9.99. The number of piperazine rings is 1. The summed E-state index contributed by atoms with van der Waals surface area (Å²) in [6, 6.07) is 4.59. The standard InChI is InChI=1S/C17H19FN4O2S/c1-11(23)20-4-6-21(7-5-20)16(24)12-9-22(10-12)17-19-14-3-2-13(18)8-15(14)25-17/h2-3,8,12H,4-7,9-10H2,1H3. The second-order valence-electron chi connectivity index (χ2n) is 6.54. The van der Waals surface area contributed by atoms with Crippen molar-refractivity contribution in [1.82, 2.24) is 14.8 Å². The van der Waals surface area contributed by atoms with E-state index in [2.05, 4.69) is 9.88 Å². The molecule has 25 heavy (non-hydrogen) atoms. The summed E-state index contributed by atoms with van der Waals surface area (Å²) in [5.41, 5.74) is 0.788. The average Bonchev–Trinajstić information content (AvgIpc) is 2.95. The van der Waals surface area contributed by atoms with Crippen molar-refractivity contribution in [3.05, 3.63) is 24.0 Å². The van der Waals surface area contributed by atoms with Crippen molar-refractivity contribution >= 4 is 38.5 Å². The van der Waals surface area contributed by atoms with E-state index in [1.54, 1.807) is 17.9 Å². The molecule has 0 N–H and O–H groups in total. The zero-order valence-corrected chi connectivity index (χ0v) is 14.8. The normalized spacial score (nSPS) is 18.6. The molecule has 2 amide bonds. The summed E-state index contributed by atoms with van der Waals surface area (Å²) >= 11 is 1.45. The van der Waals surface area contributed by atoms with E-state index in [1.165, 1.54) is 23.5 Å². The Balaban J connectivity index is 1.35. The molecule has 0 atom stereocenters. The number of nitrogens with zero attached hydrogens (tertiary/aromatic N) is 4. The van der Waals surface area contributed by atoms with Crippen LogP contribution in [0, 0.1) is 11.7 Å². The Morgan fingerprint density at radius 3 is 2.52 bits per heavy atom. The van der Waals surface area contributed by atoms with Gasteiger partial charge in [0.05, 0.1) is 16.1 Å². The Labute approximate surface area is 148 Å². The van der Waals surface area contributed by atoms with E-state index in [0.717, 1.165) is 15.3 Å². The van der Waals surface area contributed by atoms with Gasteiger partial charge in [-0.1, -0.05) is 11.3 Å². The molecule has 2 aromatic rings. The van der Waals surface area contributed by atoms with Gasteiger partial charge in [0.15, 0.2) is 5.13 Å². The van der Waals surface area contributed by atoms with Gasteiger partial charge in [0.25, 0.3) is 0 Å². The van der Waals surface area contributed by atoms with Gasteiger partial charge in [-0.3, -0.25) is 9.59 Å². The van der Waals surface area contributed by atoms with Crippen LogP contribution in [0.15, 0.2) is 18.2 Å². The van der Waals surface area contributed by atoms with Crippen molar-refractivity contribution in [1.29, 1.82) is 0 Å². The van der Waals surface area contributed by atoms with Gasteiger partial charge in [0.2, 0.25) is 11.8 Å². The third-order valence-electron chi connectivity index (χ3n) is 4.88. The third-order valence-corrected chi connectivity index (χ3v) is 5.96. The monoisotopic (exact) mass is 362 g/mol. The molecule has 2 saturated heterocycles. The first-order chi connectivity index (χ1) is 12.0. The predicted molar refractivity (Wildman–Crippen MR) is 94.1 cm³/mol. The Morgan fingerprint density at radius 2 is 1.84 bits per heavy atom. The number of carbonyl (C=O) groups is 2. The molecular weight excluding hydrogens is 343 g/mol. The number of rotatable bonds is 2. The van der Waals surface area contributed by atoms with Crippen LogP contribution in [-0.4, -0.2) is 65.9 Å². The first-order valence-electron chi connectivity index (χ1n) is 8.36. The fraction of sp³-hybridized carbons (Fsp3) is 0.471. The molecule has 4 rings (SSSR count). The number of halogens is 1. The van der Waals surface area contributed by atoms with E-state index in [0.29, 0.717) is 39.3 Å². The maximum Gasteiger partial charge on any atom is 0.229 e. The van der Waals surface area contributed by atoms with Crippen LogP contribution in [0.5, 0.6) is 0 Å². The Morgan fingerprint density at radius 1 is 1.16 bits per heavy atom. The number of thiazole rings is 1. The molecule has 0 aliphatic carbocycles. The van der Waals surface area contributed by atoms with Crippen LogP contribution in [0.1, 0.15) is 6.92 Å². The second-order valence-corrected chi connectivity index (χ2v) is 7.55. The van der Waals surface area contributed by atoms with Crippen molar-refractivity contribution in [2.75, 3.05) is 44.2 Å². The fourth-order valence-corrected chi connectivity index (χ4v) is 4.32. The van der Waals surface area contributed by atoms with Gasteiger partial charge in [0, 0.05) is 46.2 Å². The van der Waals surface area contributed by atoms with Gasteiger partial charge in [-0.05, 0) is 18.2 Å². The van der Waals surface area contributed by atoms with Crippen molar-refractivity contribution in [2.24, 2.45) is 5.92 Å². The lowest BCUT2D eigenvalue weighted by Gasteiger charge is -2.42. The quantitative estimate of drug-likeness (QED) is 0.814. The first kappa shape index (κ1) is 16.3. The van der Waals surface area contributed by atoms with Crippen LogP contribution in [0.25, 0.3) is 10.2 Å². The number of fused-ring (bicyclic) bond motifs is 1. The first-order valence-corrected chi connectivity index (χ1v) is 9.18. The highest BCUT2D eigenvalue weighted by Gasteiger charge is 2.37. The van der Waals surface area contributed by atoms with Gasteiger partial charge < -0.3 is 14.7 Å². The number of amides is 2. The van der Waals surface area contributed by atoms with Crippen LogP contribution < -0.4 is 4.90 Å². The minimum absolute atomic E-state index is 0.0207. The van der Waals surface area contributed by atoms with E-state index < -0.39 is 0 Å². The Kier molecular flexibility index (Phi) is 4.07. The summed E-state index contributed by atoms with van der Waals surface area (Å²) < 4.78 is 14.1. The van der Waals surface area contributed by atoms with Crippen molar-refractivity contribution in [3.63, 3.8) is 0 Å². The van der Waals surface area contributed by atoms with E-state index in [-0.39, 0.29) is 23.5 Å². The van der Waals surface area contributed by atoms with Crippen LogP contribution >= 0.6 is 11.3 Å². The summed E-state index contributed by atoms with van der Waals surface area (Å²) in [6.07, 6.45) is 0. The van der Waals surface area contributed by atoms with E-state index >= 15 is 0 Å². The lowest BCUT2D eigenvalue weighted by molar-refractivity contribution is -0.141. The molecule has 1 aromatic heterocycles. The summed E-state index contributed by atoms with van der Waals surface area (Å²) in [4.78, 5) is 34.2. The molecule has 132 valence electrons. The molecular formula is C17H19FN4O2S. The molecule has 0 radical (unpaired) electrons. The lowest BCUT2D eigenvalue weighted by Crippen LogP contribution is -2.58. The number of hydrogen-bond acceptors (Lipinski definition) is 5. The Hall–Kier alpha value is -2.22. The minimum atomic E-state index is -0.260. The van der Waals surface area contributed by atoms with Crippen LogP contribution in [0.2, 0.25) is 0 Å². The molecule has 1 aromatic carbocycles. The molecule has 3 heterocycles. The maximum atomic E-state index is 13.3. The minimum Gasteiger partial charge on any atom is -0.346 e. The zero-order valence-electron chi connectivity index (χ0n) is 13.9. The molecule has 8 heteroatoms. The van der Waals surface area contributed by atoms with Gasteiger partial charge in [-0.25, -0.2) is 9.37 Å². The molecule has 6 nitrogen and oxygen atoms in total. The SMILES string of the molecule is CC(=O)N1CCN(C(=O)C2CN(c3nc4ccc(F)cc4s3)C2)CC1. The highest BCUT2D eigenvalue weighted by Crippen LogP contribution is 2.33. The van der Waals surface area contributed by atoms with Gasteiger partial charge in [-0.15, -0.1) is 0 Å². The molecule has 0 spiro atoms. The average molecular weight is 362 g/mol. The summed E-state index contributed by atoms with van der Waals surface area (Å²) in [5.74, 6) is -0.0579. The van der Waals surface area contributed by atoms with Gasteiger partial charge in [0.1, 0.15) is 5.82 Å². The van der Waals surface area contributed by atoms with E-state index in [4.69, 9.17) is 0 Å². The van der Waals surface area contributed by atoms with Crippen molar-refractivity contribution in [3.8, 4) is 0 Å². The molecule has 2 aliphatic heterocycles. The number of hydrogen-bond donors (Lipinski definition) is 0. The Bertz CT molecular complexity index is 825. The van der Waals surface area contributed by atoms with Gasteiger partial charge in [-0.2, -0.15) is 0 Å². The number of aromatic nitrogens is 1. The summed E-state index contributed by atoms with van der Waals surface area (Å²) in [5, 5.41) is 0.839. The molecule has 0 unspecified atom stereocenters. The summed E-state index contributed by atoms with van der Waals surface area (Å²) in [6.45, 7) is 5.29. The summed E-state index contributed by atoms with van der Waals surface area (Å²) in [7, 11) is 0. The zero-order chi connectivity index (χ0) is 17.6. The second kappa shape index (κ2) is 6.25. The maximum absolute atomic E-state index is 13.3. The van der Waals surface area contributed by atoms with E-state index in [9.17, 15) is 14.0 Å². The third kappa shape index (κ3) is 3.06. The number of anilines is 1. The molecule has 2 fully saturated rings. The molecule has 2 aliphatic rings. The van der Waals surface area contributed by atoms with Crippen molar-refractivity contribution < 1.29 is 14.0 Å². The number of carbonyl (C=O) groups excluding carboxylic acids is 2. The fourth-order valence-electron chi connectivity index (χ4n) is 3.31. The van der Waals surface area contributed by atoms with Crippen LogP contribution in [0.3, 0.4) is 0 Å². The predicted octanol–water partition coefficient (Wildman–Crippen LogP) is 1.56. The highest BCUT2D eigenvalue weighted by molar-refractivity contribution is 7.22. The molecule has 0 bridgehead atoms.